The van der Waals surface area contributed by atoms with Crippen LogP contribution in [0.4, 0.5) is 0 Å². The van der Waals surface area contributed by atoms with E-state index in [2.05, 4.69) is 33.1 Å². The molecule has 0 aromatic heterocycles. The Bertz CT molecular complexity index is 245. The minimum atomic E-state index is -1.45. The molecule has 0 bridgehead atoms. The maximum absolute atomic E-state index is 6.02. The Morgan fingerprint density at radius 1 is 1.23 bits per heavy atom. The van der Waals surface area contributed by atoms with E-state index in [1.165, 1.54) is 24.0 Å². The Balaban J connectivity index is 2.81. The standard InChI is InChI=1S/C11H20OSi/c1-9-7-6-8-10(2)11(9)12-13(3,4)5/h1,6-8H2,2-5H3. The maximum atomic E-state index is 6.02. The molecule has 0 amide bonds. The van der Waals surface area contributed by atoms with Gasteiger partial charge in [-0.2, -0.15) is 0 Å². The van der Waals surface area contributed by atoms with Crippen molar-refractivity contribution in [3.63, 3.8) is 0 Å². The minimum absolute atomic E-state index is 1.11. The molecule has 1 aliphatic carbocycles. The molecule has 0 aromatic rings. The van der Waals surface area contributed by atoms with Gasteiger partial charge in [-0.1, -0.05) is 6.58 Å². The predicted molar refractivity (Wildman–Crippen MR) is 60.1 cm³/mol. The molecule has 0 N–H and O–H groups in total. The molecule has 74 valence electrons. The third kappa shape index (κ3) is 3.03. The van der Waals surface area contributed by atoms with E-state index in [1.807, 2.05) is 0 Å². The molecule has 0 aromatic carbocycles. The second-order valence-corrected chi connectivity index (χ2v) is 9.21. The summed E-state index contributed by atoms with van der Waals surface area (Å²) in [5.41, 5.74) is 2.59. The van der Waals surface area contributed by atoms with E-state index in [1.54, 1.807) is 0 Å². The van der Waals surface area contributed by atoms with E-state index >= 15 is 0 Å². The summed E-state index contributed by atoms with van der Waals surface area (Å²) in [6.45, 7) is 12.9. The van der Waals surface area contributed by atoms with Crippen molar-refractivity contribution in [1.82, 2.24) is 0 Å². The van der Waals surface area contributed by atoms with Crippen LogP contribution in [0, 0.1) is 0 Å². The highest BCUT2D eigenvalue weighted by Gasteiger charge is 2.22. The summed E-state index contributed by atoms with van der Waals surface area (Å²) >= 11 is 0. The monoisotopic (exact) mass is 196 g/mol. The summed E-state index contributed by atoms with van der Waals surface area (Å²) in [5.74, 6) is 1.12. The van der Waals surface area contributed by atoms with Crippen LogP contribution in [-0.2, 0) is 4.43 Å². The van der Waals surface area contributed by atoms with E-state index in [0.717, 1.165) is 12.2 Å². The van der Waals surface area contributed by atoms with Crippen LogP contribution in [0.25, 0.3) is 0 Å². The van der Waals surface area contributed by atoms with Crippen molar-refractivity contribution in [2.75, 3.05) is 0 Å². The van der Waals surface area contributed by atoms with Crippen LogP contribution in [0.3, 0.4) is 0 Å². The number of allylic oxidation sites excluding steroid dienone is 2. The second-order valence-electron chi connectivity index (χ2n) is 4.78. The summed E-state index contributed by atoms with van der Waals surface area (Å²) in [6, 6.07) is 0. The molecule has 1 rings (SSSR count). The molecule has 0 saturated heterocycles. The summed E-state index contributed by atoms with van der Waals surface area (Å²) in [6.07, 6.45) is 3.53. The van der Waals surface area contributed by atoms with Crippen LogP contribution in [0.1, 0.15) is 26.2 Å². The second kappa shape index (κ2) is 3.70. The fourth-order valence-corrected chi connectivity index (χ4v) is 2.49. The van der Waals surface area contributed by atoms with Gasteiger partial charge in [0.05, 0.1) is 0 Å². The first kappa shape index (κ1) is 10.6. The number of hydrogen-bond donors (Lipinski definition) is 0. The molecule has 0 aliphatic heterocycles. The average Bonchev–Trinajstić information content (AvgIpc) is 1.95. The smallest absolute Gasteiger partial charge is 0.242 e. The van der Waals surface area contributed by atoms with Crippen LogP contribution in [-0.4, -0.2) is 8.32 Å². The van der Waals surface area contributed by atoms with Gasteiger partial charge in [-0.25, -0.2) is 0 Å². The molecular formula is C11H20OSi. The van der Waals surface area contributed by atoms with E-state index < -0.39 is 8.32 Å². The summed E-state index contributed by atoms with van der Waals surface area (Å²) < 4.78 is 6.02. The maximum Gasteiger partial charge on any atom is 0.242 e. The molecule has 0 heterocycles. The lowest BCUT2D eigenvalue weighted by molar-refractivity contribution is 0.410. The normalized spacial score (nSPS) is 19.2. The third-order valence-corrected chi connectivity index (χ3v) is 2.96. The molecule has 0 saturated carbocycles. The molecular weight excluding hydrogens is 176 g/mol. The highest BCUT2D eigenvalue weighted by atomic mass is 28.4. The number of rotatable bonds is 2. The van der Waals surface area contributed by atoms with Crippen molar-refractivity contribution in [2.24, 2.45) is 0 Å². The molecule has 1 aliphatic rings. The Morgan fingerprint density at radius 2 is 1.85 bits per heavy atom. The van der Waals surface area contributed by atoms with Gasteiger partial charge in [0.1, 0.15) is 5.76 Å². The zero-order valence-electron chi connectivity index (χ0n) is 9.24. The first-order chi connectivity index (χ1) is 5.90. The summed E-state index contributed by atoms with van der Waals surface area (Å²) in [7, 11) is -1.45. The van der Waals surface area contributed by atoms with Gasteiger partial charge in [0.25, 0.3) is 0 Å². The van der Waals surface area contributed by atoms with Crippen LogP contribution in [0.15, 0.2) is 23.5 Å². The van der Waals surface area contributed by atoms with Gasteiger partial charge in [-0.3, -0.25) is 0 Å². The van der Waals surface area contributed by atoms with Gasteiger partial charge < -0.3 is 4.43 Å². The third-order valence-electron chi connectivity index (χ3n) is 2.15. The Kier molecular flexibility index (Phi) is 3.01. The van der Waals surface area contributed by atoms with Gasteiger partial charge in [0, 0.05) is 0 Å². The van der Waals surface area contributed by atoms with E-state index in [-0.39, 0.29) is 0 Å². The molecule has 0 unspecified atom stereocenters. The van der Waals surface area contributed by atoms with Crippen LogP contribution in [0.2, 0.25) is 19.6 Å². The quantitative estimate of drug-likeness (QED) is 0.610. The van der Waals surface area contributed by atoms with Crippen molar-refractivity contribution in [3.05, 3.63) is 23.5 Å². The van der Waals surface area contributed by atoms with Gasteiger partial charge in [-0.05, 0) is 57.0 Å². The van der Waals surface area contributed by atoms with Crippen LogP contribution >= 0.6 is 0 Å². The van der Waals surface area contributed by atoms with E-state index in [4.69, 9.17) is 4.43 Å². The lowest BCUT2D eigenvalue weighted by Crippen LogP contribution is -2.26. The lowest BCUT2D eigenvalue weighted by Gasteiger charge is -2.27. The predicted octanol–water partition coefficient (Wildman–Crippen LogP) is 3.85. The van der Waals surface area contributed by atoms with Gasteiger partial charge in [-0.15, -0.1) is 0 Å². The Morgan fingerprint density at radius 3 is 2.31 bits per heavy atom. The fourth-order valence-electron chi connectivity index (χ4n) is 1.56. The highest BCUT2D eigenvalue weighted by molar-refractivity contribution is 6.70. The minimum Gasteiger partial charge on any atom is -0.544 e. The number of hydrogen-bond acceptors (Lipinski definition) is 1. The van der Waals surface area contributed by atoms with E-state index in [0.29, 0.717) is 0 Å². The van der Waals surface area contributed by atoms with Gasteiger partial charge in [0.2, 0.25) is 8.32 Å². The fraction of sp³-hybridized carbons (Fsp3) is 0.636. The van der Waals surface area contributed by atoms with Gasteiger partial charge >= 0.3 is 0 Å². The van der Waals surface area contributed by atoms with E-state index in [9.17, 15) is 0 Å². The van der Waals surface area contributed by atoms with Crippen molar-refractivity contribution < 1.29 is 4.43 Å². The Labute approximate surface area is 82.6 Å². The van der Waals surface area contributed by atoms with Crippen molar-refractivity contribution in [3.8, 4) is 0 Å². The van der Waals surface area contributed by atoms with Crippen molar-refractivity contribution in [1.29, 1.82) is 0 Å². The molecule has 2 heteroatoms. The average molecular weight is 196 g/mol. The lowest BCUT2D eigenvalue weighted by atomic mass is 9.96. The first-order valence-electron chi connectivity index (χ1n) is 4.97. The summed E-state index contributed by atoms with van der Waals surface area (Å²) in [4.78, 5) is 0. The van der Waals surface area contributed by atoms with Crippen LogP contribution < -0.4 is 0 Å². The summed E-state index contributed by atoms with van der Waals surface area (Å²) in [5, 5.41) is 0. The van der Waals surface area contributed by atoms with Crippen molar-refractivity contribution in [2.45, 2.75) is 45.8 Å². The molecule has 1 nitrogen and oxygen atoms in total. The zero-order valence-corrected chi connectivity index (χ0v) is 10.2. The largest absolute Gasteiger partial charge is 0.544 e. The first-order valence-corrected chi connectivity index (χ1v) is 8.38. The zero-order chi connectivity index (χ0) is 10.1. The molecule has 13 heavy (non-hydrogen) atoms. The molecule has 0 atom stereocenters. The molecule has 0 spiro atoms. The Hall–Kier alpha value is -0.503. The molecule has 0 fully saturated rings. The topological polar surface area (TPSA) is 9.23 Å². The van der Waals surface area contributed by atoms with Crippen LogP contribution in [0.5, 0.6) is 0 Å². The molecule has 0 radical (unpaired) electrons. The highest BCUT2D eigenvalue weighted by Crippen LogP contribution is 2.30. The SMILES string of the molecule is C=C1CCCC(C)=C1O[Si](C)(C)C. The van der Waals surface area contributed by atoms with Gasteiger partial charge in [0.15, 0.2) is 0 Å². The van der Waals surface area contributed by atoms with Crippen molar-refractivity contribution >= 4 is 8.32 Å².